The monoisotopic (exact) mass is 242 g/mol. The summed E-state index contributed by atoms with van der Waals surface area (Å²) in [5.74, 6) is 0. The lowest BCUT2D eigenvalue weighted by Gasteiger charge is -2.05. The molecule has 0 bridgehead atoms. The number of anilines is 1. The van der Waals surface area contributed by atoms with E-state index in [0.29, 0.717) is 0 Å². The first-order valence-electron chi connectivity index (χ1n) is 5.75. The van der Waals surface area contributed by atoms with Crippen LogP contribution in [0.25, 0.3) is 11.1 Å². The van der Waals surface area contributed by atoms with Crippen molar-refractivity contribution in [3.63, 3.8) is 0 Å². The van der Waals surface area contributed by atoms with Gasteiger partial charge in [-0.2, -0.15) is 0 Å². The molecule has 0 aliphatic heterocycles. The van der Waals surface area contributed by atoms with E-state index in [2.05, 4.69) is 6.92 Å². The van der Waals surface area contributed by atoms with Crippen molar-refractivity contribution in [2.45, 2.75) is 13.3 Å². The Bertz CT molecular complexity index is 594. The summed E-state index contributed by atoms with van der Waals surface area (Å²) in [7, 11) is 0. The van der Waals surface area contributed by atoms with E-state index in [1.54, 1.807) is 12.1 Å². The van der Waals surface area contributed by atoms with Crippen LogP contribution in [0.5, 0.6) is 0 Å². The Balaban J connectivity index is 2.50. The summed E-state index contributed by atoms with van der Waals surface area (Å²) in [6.07, 6.45) is 0.935. The molecule has 4 nitrogen and oxygen atoms in total. The highest BCUT2D eigenvalue weighted by Crippen LogP contribution is 2.29. The number of aryl methyl sites for hydroxylation is 1. The summed E-state index contributed by atoms with van der Waals surface area (Å²) in [6.45, 7) is 2.07. The molecule has 0 aliphatic carbocycles. The van der Waals surface area contributed by atoms with Crippen LogP contribution < -0.4 is 5.73 Å². The van der Waals surface area contributed by atoms with Crippen molar-refractivity contribution < 1.29 is 4.92 Å². The van der Waals surface area contributed by atoms with Crippen LogP contribution in [0.3, 0.4) is 0 Å². The number of nitrogens with two attached hydrogens (primary N) is 1. The van der Waals surface area contributed by atoms with Gasteiger partial charge in [0.05, 0.1) is 4.92 Å². The molecule has 2 N–H and O–H groups in total. The molecule has 0 heterocycles. The van der Waals surface area contributed by atoms with Gasteiger partial charge in [0.25, 0.3) is 5.69 Å². The number of nitrogens with zero attached hydrogens (tertiary/aromatic N) is 1. The van der Waals surface area contributed by atoms with Gasteiger partial charge >= 0.3 is 0 Å². The molecule has 2 rings (SSSR count). The Morgan fingerprint density at radius 2 is 1.89 bits per heavy atom. The first kappa shape index (κ1) is 12.1. The van der Waals surface area contributed by atoms with Crippen LogP contribution in [0.4, 0.5) is 11.4 Å². The Kier molecular flexibility index (Phi) is 3.28. The molecule has 0 amide bonds. The summed E-state index contributed by atoms with van der Waals surface area (Å²) < 4.78 is 0. The highest BCUT2D eigenvalue weighted by molar-refractivity contribution is 5.72. The SMILES string of the molecule is CCc1cccc(-c2ccc(N)c([N+](=O)[O-])c2)c1. The minimum Gasteiger partial charge on any atom is -0.393 e. The molecule has 0 spiro atoms. The van der Waals surface area contributed by atoms with Crippen LogP contribution in [0, 0.1) is 10.1 Å². The van der Waals surface area contributed by atoms with Gasteiger partial charge in [0, 0.05) is 6.07 Å². The molecule has 0 unspecified atom stereocenters. The predicted molar refractivity (Wildman–Crippen MR) is 72.3 cm³/mol. The van der Waals surface area contributed by atoms with Crippen LogP contribution >= 0.6 is 0 Å². The number of benzene rings is 2. The van der Waals surface area contributed by atoms with Crippen LogP contribution in [0.2, 0.25) is 0 Å². The highest BCUT2D eigenvalue weighted by Gasteiger charge is 2.12. The van der Waals surface area contributed by atoms with Crippen molar-refractivity contribution in [3.05, 3.63) is 58.1 Å². The Labute approximate surface area is 105 Å². The molecule has 2 aromatic carbocycles. The maximum atomic E-state index is 10.9. The fourth-order valence-electron chi connectivity index (χ4n) is 1.85. The van der Waals surface area contributed by atoms with E-state index in [9.17, 15) is 10.1 Å². The molecule has 0 atom stereocenters. The van der Waals surface area contributed by atoms with Crippen molar-refractivity contribution in [2.75, 3.05) is 5.73 Å². The van der Waals surface area contributed by atoms with Gasteiger partial charge in [0.15, 0.2) is 0 Å². The maximum Gasteiger partial charge on any atom is 0.292 e. The van der Waals surface area contributed by atoms with E-state index in [-0.39, 0.29) is 11.4 Å². The number of hydrogen-bond acceptors (Lipinski definition) is 3. The number of hydrogen-bond donors (Lipinski definition) is 1. The van der Waals surface area contributed by atoms with Gasteiger partial charge in [-0.1, -0.05) is 37.3 Å². The molecule has 0 saturated carbocycles. The predicted octanol–water partition coefficient (Wildman–Crippen LogP) is 3.41. The quantitative estimate of drug-likeness (QED) is 0.509. The Morgan fingerprint density at radius 3 is 2.56 bits per heavy atom. The fraction of sp³-hybridized carbons (Fsp3) is 0.143. The van der Waals surface area contributed by atoms with Crippen molar-refractivity contribution >= 4 is 11.4 Å². The van der Waals surface area contributed by atoms with Crippen molar-refractivity contribution in [2.24, 2.45) is 0 Å². The summed E-state index contributed by atoms with van der Waals surface area (Å²) in [5, 5.41) is 10.9. The van der Waals surface area contributed by atoms with Gasteiger partial charge in [0.2, 0.25) is 0 Å². The normalized spacial score (nSPS) is 10.3. The second kappa shape index (κ2) is 4.87. The molecule has 92 valence electrons. The summed E-state index contributed by atoms with van der Waals surface area (Å²) in [4.78, 5) is 10.4. The zero-order valence-corrected chi connectivity index (χ0v) is 10.1. The third-order valence-corrected chi connectivity index (χ3v) is 2.90. The molecular formula is C14H14N2O2. The fourth-order valence-corrected chi connectivity index (χ4v) is 1.85. The molecule has 0 aromatic heterocycles. The minimum atomic E-state index is -0.456. The lowest BCUT2D eigenvalue weighted by molar-refractivity contribution is -0.383. The van der Waals surface area contributed by atoms with E-state index in [1.807, 2.05) is 24.3 Å². The van der Waals surface area contributed by atoms with E-state index >= 15 is 0 Å². The number of rotatable bonds is 3. The molecule has 18 heavy (non-hydrogen) atoms. The van der Waals surface area contributed by atoms with E-state index in [1.165, 1.54) is 11.6 Å². The van der Waals surface area contributed by atoms with Crippen molar-refractivity contribution in [1.29, 1.82) is 0 Å². The van der Waals surface area contributed by atoms with Gasteiger partial charge in [-0.3, -0.25) is 10.1 Å². The zero-order chi connectivity index (χ0) is 13.1. The second-order valence-electron chi connectivity index (χ2n) is 4.08. The molecular weight excluding hydrogens is 228 g/mol. The standard InChI is InChI=1S/C14H14N2O2/c1-2-10-4-3-5-11(8-10)12-6-7-13(15)14(9-12)16(17)18/h3-9H,2,15H2,1H3. The molecule has 4 heteroatoms. The number of nitro groups is 1. The molecule has 0 radical (unpaired) electrons. The lowest BCUT2D eigenvalue weighted by atomic mass is 10.0. The van der Waals surface area contributed by atoms with Crippen molar-refractivity contribution in [1.82, 2.24) is 0 Å². The van der Waals surface area contributed by atoms with Crippen LogP contribution in [0.15, 0.2) is 42.5 Å². The number of nitrogen functional groups attached to an aromatic ring is 1. The third kappa shape index (κ3) is 2.32. The lowest BCUT2D eigenvalue weighted by Crippen LogP contribution is -1.95. The van der Waals surface area contributed by atoms with E-state index in [4.69, 9.17) is 5.73 Å². The molecule has 0 saturated heterocycles. The zero-order valence-electron chi connectivity index (χ0n) is 10.1. The summed E-state index contributed by atoms with van der Waals surface area (Å²) in [6, 6.07) is 12.9. The average molecular weight is 242 g/mol. The largest absolute Gasteiger partial charge is 0.393 e. The minimum absolute atomic E-state index is 0.0469. The van der Waals surface area contributed by atoms with Gasteiger partial charge in [0.1, 0.15) is 5.69 Å². The second-order valence-corrected chi connectivity index (χ2v) is 4.08. The van der Waals surface area contributed by atoms with Crippen LogP contribution in [-0.4, -0.2) is 4.92 Å². The van der Waals surface area contributed by atoms with Gasteiger partial charge in [-0.15, -0.1) is 0 Å². The van der Waals surface area contributed by atoms with Gasteiger partial charge in [-0.25, -0.2) is 0 Å². The first-order chi connectivity index (χ1) is 8.61. The number of nitro benzene ring substituents is 1. The first-order valence-corrected chi connectivity index (χ1v) is 5.75. The smallest absolute Gasteiger partial charge is 0.292 e. The third-order valence-electron chi connectivity index (χ3n) is 2.90. The summed E-state index contributed by atoms with van der Waals surface area (Å²) in [5.41, 5.74) is 8.71. The topological polar surface area (TPSA) is 69.2 Å². The van der Waals surface area contributed by atoms with E-state index in [0.717, 1.165) is 17.5 Å². The highest BCUT2D eigenvalue weighted by atomic mass is 16.6. The average Bonchev–Trinajstić information content (AvgIpc) is 2.39. The van der Waals surface area contributed by atoms with Gasteiger partial charge < -0.3 is 5.73 Å². The van der Waals surface area contributed by atoms with Crippen LogP contribution in [-0.2, 0) is 6.42 Å². The Hall–Kier alpha value is -2.36. The maximum absolute atomic E-state index is 10.9. The molecule has 2 aromatic rings. The van der Waals surface area contributed by atoms with Crippen LogP contribution in [0.1, 0.15) is 12.5 Å². The van der Waals surface area contributed by atoms with Crippen molar-refractivity contribution in [3.8, 4) is 11.1 Å². The summed E-state index contributed by atoms with van der Waals surface area (Å²) >= 11 is 0. The Morgan fingerprint density at radius 1 is 1.17 bits per heavy atom. The van der Waals surface area contributed by atoms with E-state index < -0.39 is 4.92 Å². The molecule has 0 fully saturated rings. The van der Waals surface area contributed by atoms with Gasteiger partial charge in [-0.05, 0) is 29.2 Å². The molecule has 0 aliphatic rings.